The number of likely N-dealkylation sites (tertiary alicyclic amines) is 1. The van der Waals surface area contributed by atoms with Crippen molar-refractivity contribution in [3.8, 4) is 0 Å². The molecule has 2 N–H and O–H groups in total. The number of anilines is 1. The highest BCUT2D eigenvalue weighted by Crippen LogP contribution is 2.23. The van der Waals surface area contributed by atoms with Crippen molar-refractivity contribution in [1.82, 2.24) is 9.80 Å². The van der Waals surface area contributed by atoms with Gasteiger partial charge in [0.05, 0.1) is 5.69 Å². The van der Waals surface area contributed by atoms with Crippen LogP contribution >= 0.6 is 11.3 Å². The largest absolute Gasteiger partial charge is 0.397 e. The topological polar surface area (TPSA) is 49.6 Å². The molecule has 0 aliphatic carbocycles. The van der Waals surface area contributed by atoms with E-state index in [2.05, 4.69) is 19.0 Å². The van der Waals surface area contributed by atoms with Gasteiger partial charge in [-0.25, -0.2) is 0 Å². The van der Waals surface area contributed by atoms with Crippen LogP contribution in [0.15, 0.2) is 11.4 Å². The molecule has 0 saturated carbocycles. The van der Waals surface area contributed by atoms with Crippen LogP contribution in [0.2, 0.25) is 0 Å². The van der Waals surface area contributed by atoms with Crippen LogP contribution in [0.3, 0.4) is 0 Å². The monoisotopic (exact) mass is 253 g/mol. The van der Waals surface area contributed by atoms with Crippen molar-refractivity contribution in [3.05, 3.63) is 16.3 Å². The van der Waals surface area contributed by atoms with Crippen molar-refractivity contribution in [3.63, 3.8) is 0 Å². The molecule has 94 valence electrons. The summed E-state index contributed by atoms with van der Waals surface area (Å²) in [7, 11) is 4.19. The fourth-order valence-electron chi connectivity index (χ4n) is 2.22. The first-order valence-electron chi connectivity index (χ1n) is 5.88. The summed E-state index contributed by atoms with van der Waals surface area (Å²) in [5, 5.41) is 1.87. The van der Waals surface area contributed by atoms with Crippen LogP contribution in [0.5, 0.6) is 0 Å². The van der Waals surface area contributed by atoms with Crippen LogP contribution in [0.1, 0.15) is 22.5 Å². The smallest absolute Gasteiger partial charge is 0.266 e. The average Bonchev–Trinajstić information content (AvgIpc) is 2.74. The van der Waals surface area contributed by atoms with Crippen molar-refractivity contribution in [2.24, 2.45) is 0 Å². The molecule has 17 heavy (non-hydrogen) atoms. The second-order valence-electron chi connectivity index (χ2n) is 4.69. The summed E-state index contributed by atoms with van der Waals surface area (Å²) in [6.45, 7) is 1.66. The fraction of sp³-hybridized carbons (Fsp3) is 0.583. The third-order valence-corrected chi connectivity index (χ3v) is 4.29. The molecule has 1 aromatic rings. The van der Waals surface area contributed by atoms with Gasteiger partial charge in [0.25, 0.3) is 5.91 Å². The number of thiophene rings is 1. The van der Waals surface area contributed by atoms with Crippen LogP contribution in [0.4, 0.5) is 5.69 Å². The van der Waals surface area contributed by atoms with Gasteiger partial charge in [0.15, 0.2) is 0 Å². The molecule has 4 nitrogen and oxygen atoms in total. The van der Waals surface area contributed by atoms with Gasteiger partial charge in [-0.1, -0.05) is 0 Å². The summed E-state index contributed by atoms with van der Waals surface area (Å²) in [5.74, 6) is 0.0923. The lowest BCUT2D eigenvalue weighted by molar-refractivity contribution is 0.0669. The first-order chi connectivity index (χ1) is 8.09. The molecule has 0 spiro atoms. The molecule has 1 amide bonds. The Morgan fingerprint density at radius 3 is 2.59 bits per heavy atom. The molecule has 5 heteroatoms. The Morgan fingerprint density at radius 1 is 1.47 bits per heavy atom. The number of nitrogen functional groups attached to an aromatic ring is 1. The molecule has 2 heterocycles. The number of amides is 1. The van der Waals surface area contributed by atoms with Gasteiger partial charge in [0.1, 0.15) is 4.88 Å². The minimum Gasteiger partial charge on any atom is -0.397 e. The summed E-state index contributed by atoms with van der Waals surface area (Å²) in [5.41, 5.74) is 6.38. The Balaban J connectivity index is 1.98. The van der Waals surface area contributed by atoms with Gasteiger partial charge in [-0.15, -0.1) is 11.3 Å². The maximum absolute atomic E-state index is 12.2. The van der Waals surface area contributed by atoms with E-state index in [9.17, 15) is 4.79 Å². The summed E-state index contributed by atoms with van der Waals surface area (Å²) in [6.07, 6.45) is 2.09. The number of rotatable bonds is 2. The minimum absolute atomic E-state index is 0.0923. The highest BCUT2D eigenvalue weighted by molar-refractivity contribution is 7.12. The molecular formula is C12H19N3OS. The van der Waals surface area contributed by atoms with Gasteiger partial charge >= 0.3 is 0 Å². The van der Waals surface area contributed by atoms with Crippen LogP contribution in [-0.2, 0) is 0 Å². The molecule has 0 radical (unpaired) electrons. The Bertz CT molecular complexity index is 394. The molecule has 1 aliphatic heterocycles. The zero-order chi connectivity index (χ0) is 12.4. The first kappa shape index (κ1) is 12.4. The van der Waals surface area contributed by atoms with Gasteiger partial charge < -0.3 is 15.5 Å². The number of piperidine rings is 1. The van der Waals surface area contributed by atoms with E-state index in [1.165, 1.54) is 11.3 Å². The van der Waals surface area contributed by atoms with E-state index in [-0.39, 0.29) is 5.91 Å². The molecule has 1 fully saturated rings. The summed E-state index contributed by atoms with van der Waals surface area (Å²) in [4.78, 5) is 17.0. The predicted molar refractivity (Wildman–Crippen MR) is 71.3 cm³/mol. The molecule has 1 saturated heterocycles. The quantitative estimate of drug-likeness (QED) is 0.869. The maximum Gasteiger partial charge on any atom is 0.266 e. The minimum atomic E-state index is 0.0923. The van der Waals surface area contributed by atoms with Crippen LogP contribution in [-0.4, -0.2) is 48.9 Å². The Kier molecular flexibility index (Phi) is 3.69. The number of nitrogens with zero attached hydrogens (tertiary/aromatic N) is 2. The van der Waals surface area contributed by atoms with Crippen molar-refractivity contribution in [1.29, 1.82) is 0 Å². The molecule has 1 aromatic heterocycles. The van der Waals surface area contributed by atoms with Gasteiger partial charge in [0, 0.05) is 19.1 Å². The number of hydrogen-bond acceptors (Lipinski definition) is 4. The third kappa shape index (κ3) is 2.61. The van der Waals surface area contributed by atoms with Crippen LogP contribution < -0.4 is 5.73 Å². The summed E-state index contributed by atoms with van der Waals surface area (Å²) < 4.78 is 0. The Hall–Kier alpha value is -1.07. The second-order valence-corrected chi connectivity index (χ2v) is 5.61. The fourth-order valence-corrected chi connectivity index (χ4v) is 3.01. The maximum atomic E-state index is 12.2. The molecule has 0 unspecified atom stereocenters. The standard InChI is InChI=1S/C12H19N3OS/c1-14(2)9-3-6-15(7-4-9)12(16)11-10(13)5-8-17-11/h5,8-9H,3-4,6-7,13H2,1-2H3. The normalized spacial score (nSPS) is 17.7. The van der Waals surface area contributed by atoms with Crippen molar-refractivity contribution in [2.45, 2.75) is 18.9 Å². The highest BCUT2D eigenvalue weighted by Gasteiger charge is 2.25. The Morgan fingerprint density at radius 2 is 2.12 bits per heavy atom. The van der Waals surface area contributed by atoms with E-state index in [4.69, 9.17) is 5.73 Å². The average molecular weight is 253 g/mol. The van der Waals surface area contributed by atoms with E-state index < -0.39 is 0 Å². The van der Waals surface area contributed by atoms with Crippen molar-refractivity contribution in [2.75, 3.05) is 32.9 Å². The lowest BCUT2D eigenvalue weighted by Gasteiger charge is -2.35. The van der Waals surface area contributed by atoms with E-state index in [1.807, 2.05) is 10.3 Å². The van der Waals surface area contributed by atoms with Gasteiger partial charge in [-0.05, 0) is 38.4 Å². The SMILES string of the molecule is CN(C)C1CCN(C(=O)c2sccc2N)CC1. The number of carbonyl (C=O) groups is 1. The lowest BCUT2D eigenvalue weighted by Crippen LogP contribution is -2.44. The van der Waals surface area contributed by atoms with Crippen molar-refractivity contribution < 1.29 is 4.79 Å². The zero-order valence-electron chi connectivity index (χ0n) is 10.3. The van der Waals surface area contributed by atoms with E-state index in [0.717, 1.165) is 25.9 Å². The van der Waals surface area contributed by atoms with Gasteiger partial charge in [0.2, 0.25) is 0 Å². The van der Waals surface area contributed by atoms with E-state index in [0.29, 0.717) is 16.6 Å². The predicted octanol–water partition coefficient (Wildman–Crippen LogP) is 1.50. The first-order valence-corrected chi connectivity index (χ1v) is 6.76. The zero-order valence-corrected chi connectivity index (χ0v) is 11.2. The number of hydrogen-bond donors (Lipinski definition) is 1. The third-order valence-electron chi connectivity index (χ3n) is 3.37. The van der Waals surface area contributed by atoms with Crippen LogP contribution in [0.25, 0.3) is 0 Å². The summed E-state index contributed by atoms with van der Waals surface area (Å²) >= 11 is 1.43. The molecule has 2 rings (SSSR count). The molecular weight excluding hydrogens is 234 g/mol. The number of nitrogens with two attached hydrogens (primary N) is 1. The molecule has 1 aliphatic rings. The van der Waals surface area contributed by atoms with E-state index in [1.54, 1.807) is 6.07 Å². The number of carbonyl (C=O) groups excluding carboxylic acids is 1. The second kappa shape index (κ2) is 5.06. The lowest BCUT2D eigenvalue weighted by atomic mass is 10.0. The molecule has 0 bridgehead atoms. The molecule has 0 atom stereocenters. The molecule has 0 aromatic carbocycles. The van der Waals surface area contributed by atoms with Gasteiger partial charge in [-0.2, -0.15) is 0 Å². The van der Waals surface area contributed by atoms with Crippen LogP contribution in [0, 0.1) is 0 Å². The van der Waals surface area contributed by atoms with E-state index >= 15 is 0 Å². The summed E-state index contributed by atoms with van der Waals surface area (Å²) in [6, 6.07) is 2.39. The highest BCUT2D eigenvalue weighted by atomic mass is 32.1. The van der Waals surface area contributed by atoms with Crippen molar-refractivity contribution >= 4 is 22.9 Å². The van der Waals surface area contributed by atoms with Gasteiger partial charge in [-0.3, -0.25) is 4.79 Å². The Labute approximate surface area is 106 Å².